The van der Waals surface area contributed by atoms with Gasteiger partial charge in [-0.1, -0.05) is 12.1 Å². The van der Waals surface area contributed by atoms with Gasteiger partial charge in [-0.25, -0.2) is 0 Å². The quantitative estimate of drug-likeness (QED) is 0.822. The molecule has 1 aromatic heterocycles. The van der Waals surface area contributed by atoms with E-state index in [0.29, 0.717) is 0 Å². The Bertz CT molecular complexity index is 559. The van der Waals surface area contributed by atoms with Crippen molar-refractivity contribution in [2.45, 2.75) is 13.0 Å². The van der Waals surface area contributed by atoms with Crippen LogP contribution < -0.4 is 5.32 Å². The van der Waals surface area contributed by atoms with Crippen LogP contribution in [0.2, 0.25) is 0 Å². The SMILES string of the molecule is O=Cc1ccc(-c2ccc3c(c2)CCNC3)s1. The molecule has 3 rings (SSSR count). The van der Waals surface area contributed by atoms with Crippen molar-refractivity contribution >= 4 is 17.6 Å². The summed E-state index contributed by atoms with van der Waals surface area (Å²) in [4.78, 5) is 12.7. The van der Waals surface area contributed by atoms with E-state index in [1.165, 1.54) is 21.6 Å². The van der Waals surface area contributed by atoms with Crippen LogP contribution in [-0.2, 0) is 13.0 Å². The van der Waals surface area contributed by atoms with E-state index in [0.717, 1.165) is 30.7 Å². The van der Waals surface area contributed by atoms with Crippen LogP contribution in [-0.4, -0.2) is 12.8 Å². The van der Waals surface area contributed by atoms with Crippen molar-refractivity contribution in [3.63, 3.8) is 0 Å². The Morgan fingerprint density at radius 2 is 2.12 bits per heavy atom. The van der Waals surface area contributed by atoms with Gasteiger partial charge in [0.15, 0.2) is 6.29 Å². The molecule has 0 amide bonds. The van der Waals surface area contributed by atoms with Crippen molar-refractivity contribution in [1.29, 1.82) is 0 Å². The first-order valence-electron chi connectivity index (χ1n) is 5.75. The van der Waals surface area contributed by atoms with E-state index in [9.17, 15) is 4.79 Å². The summed E-state index contributed by atoms with van der Waals surface area (Å²) in [6, 6.07) is 10.5. The predicted molar refractivity (Wildman–Crippen MR) is 70.6 cm³/mol. The second-order valence-electron chi connectivity index (χ2n) is 4.23. The number of aldehydes is 1. The van der Waals surface area contributed by atoms with Crippen molar-refractivity contribution in [3.8, 4) is 10.4 Å². The number of fused-ring (bicyclic) bond motifs is 1. The van der Waals surface area contributed by atoms with Crippen LogP contribution in [0.4, 0.5) is 0 Å². The smallest absolute Gasteiger partial charge is 0.160 e. The number of thiophene rings is 1. The van der Waals surface area contributed by atoms with Gasteiger partial charge in [-0.3, -0.25) is 4.79 Å². The van der Waals surface area contributed by atoms with E-state index in [2.05, 4.69) is 23.5 Å². The summed E-state index contributed by atoms with van der Waals surface area (Å²) >= 11 is 1.55. The van der Waals surface area contributed by atoms with Gasteiger partial charge in [-0.15, -0.1) is 11.3 Å². The van der Waals surface area contributed by atoms with Gasteiger partial charge < -0.3 is 5.32 Å². The highest BCUT2D eigenvalue weighted by atomic mass is 32.1. The average molecular weight is 243 g/mol. The van der Waals surface area contributed by atoms with Crippen LogP contribution >= 0.6 is 11.3 Å². The molecule has 0 atom stereocenters. The maximum absolute atomic E-state index is 10.7. The van der Waals surface area contributed by atoms with E-state index >= 15 is 0 Å². The summed E-state index contributed by atoms with van der Waals surface area (Å²) < 4.78 is 0. The van der Waals surface area contributed by atoms with Crippen LogP contribution in [0.15, 0.2) is 30.3 Å². The number of nitrogens with one attached hydrogen (secondary N) is 1. The van der Waals surface area contributed by atoms with Crippen LogP contribution in [0.5, 0.6) is 0 Å². The molecule has 2 aromatic rings. The monoisotopic (exact) mass is 243 g/mol. The van der Waals surface area contributed by atoms with E-state index in [-0.39, 0.29) is 0 Å². The number of benzene rings is 1. The first kappa shape index (κ1) is 10.7. The number of carbonyl (C=O) groups excluding carboxylic acids is 1. The molecule has 2 nitrogen and oxygen atoms in total. The Balaban J connectivity index is 2.00. The van der Waals surface area contributed by atoms with E-state index in [1.54, 1.807) is 11.3 Å². The van der Waals surface area contributed by atoms with Gasteiger partial charge in [0.25, 0.3) is 0 Å². The minimum atomic E-state index is 0.791. The second-order valence-corrected chi connectivity index (χ2v) is 5.35. The predicted octanol–water partition coefficient (Wildman–Crippen LogP) is 2.87. The van der Waals surface area contributed by atoms with Gasteiger partial charge in [0.05, 0.1) is 4.88 Å². The number of rotatable bonds is 2. The molecule has 17 heavy (non-hydrogen) atoms. The van der Waals surface area contributed by atoms with Gasteiger partial charge >= 0.3 is 0 Å². The van der Waals surface area contributed by atoms with Gasteiger partial charge in [-0.05, 0) is 47.9 Å². The minimum Gasteiger partial charge on any atom is -0.312 e. The molecular weight excluding hydrogens is 230 g/mol. The molecule has 0 fully saturated rings. The fourth-order valence-electron chi connectivity index (χ4n) is 2.20. The summed E-state index contributed by atoms with van der Waals surface area (Å²) in [6.45, 7) is 2.03. The molecule has 1 aromatic carbocycles. The van der Waals surface area contributed by atoms with Gasteiger partial charge in [0.2, 0.25) is 0 Å². The highest BCUT2D eigenvalue weighted by Crippen LogP contribution is 2.29. The third-order valence-corrected chi connectivity index (χ3v) is 4.18. The van der Waals surface area contributed by atoms with Crippen LogP contribution in [0, 0.1) is 0 Å². The summed E-state index contributed by atoms with van der Waals surface area (Å²) in [5.41, 5.74) is 4.05. The van der Waals surface area contributed by atoms with Crippen LogP contribution in [0.3, 0.4) is 0 Å². The zero-order valence-electron chi connectivity index (χ0n) is 9.40. The van der Waals surface area contributed by atoms with Gasteiger partial charge in [-0.2, -0.15) is 0 Å². The highest BCUT2D eigenvalue weighted by Gasteiger charge is 2.10. The van der Waals surface area contributed by atoms with Gasteiger partial charge in [0.1, 0.15) is 0 Å². The average Bonchev–Trinajstić information content (AvgIpc) is 2.87. The molecule has 1 aliphatic rings. The van der Waals surface area contributed by atoms with E-state index < -0.39 is 0 Å². The lowest BCUT2D eigenvalue weighted by Crippen LogP contribution is -2.23. The Morgan fingerprint density at radius 3 is 2.94 bits per heavy atom. The highest BCUT2D eigenvalue weighted by molar-refractivity contribution is 7.17. The minimum absolute atomic E-state index is 0.791. The molecule has 0 saturated carbocycles. The third kappa shape index (κ3) is 2.04. The summed E-state index contributed by atoms with van der Waals surface area (Å²) in [7, 11) is 0. The largest absolute Gasteiger partial charge is 0.312 e. The van der Waals surface area contributed by atoms with E-state index in [4.69, 9.17) is 0 Å². The lowest BCUT2D eigenvalue weighted by atomic mass is 9.98. The van der Waals surface area contributed by atoms with Gasteiger partial charge in [0, 0.05) is 11.4 Å². The molecule has 86 valence electrons. The van der Waals surface area contributed by atoms with Crippen molar-refractivity contribution in [1.82, 2.24) is 5.32 Å². The summed E-state index contributed by atoms with van der Waals surface area (Å²) in [5, 5.41) is 3.37. The molecular formula is C14H13NOS. The molecule has 0 unspecified atom stereocenters. The molecule has 2 heterocycles. The van der Waals surface area contributed by atoms with Crippen molar-refractivity contribution < 1.29 is 4.79 Å². The fraction of sp³-hybridized carbons (Fsp3) is 0.214. The maximum atomic E-state index is 10.7. The second kappa shape index (κ2) is 4.43. The standard InChI is InChI=1S/C14H13NOS/c16-9-13-3-4-14(17-13)11-1-2-12-8-15-6-5-10(12)7-11/h1-4,7,9,15H,5-6,8H2. The Labute approximate surface area is 104 Å². The molecule has 0 bridgehead atoms. The first-order valence-corrected chi connectivity index (χ1v) is 6.56. The van der Waals surface area contributed by atoms with Crippen molar-refractivity contribution in [2.24, 2.45) is 0 Å². The Morgan fingerprint density at radius 1 is 1.18 bits per heavy atom. The number of hydrogen-bond acceptors (Lipinski definition) is 3. The first-order chi connectivity index (χ1) is 8.36. The zero-order valence-corrected chi connectivity index (χ0v) is 10.2. The van der Waals surface area contributed by atoms with Crippen molar-refractivity contribution in [2.75, 3.05) is 6.54 Å². The molecule has 0 saturated heterocycles. The fourth-order valence-corrected chi connectivity index (χ4v) is 3.02. The molecule has 1 aliphatic heterocycles. The Kier molecular flexibility index (Phi) is 2.79. The number of hydrogen-bond donors (Lipinski definition) is 1. The van der Waals surface area contributed by atoms with Crippen LogP contribution in [0.1, 0.15) is 20.8 Å². The summed E-state index contributed by atoms with van der Waals surface area (Å²) in [6.07, 6.45) is 2.01. The van der Waals surface area contributed by atoms with E-state index in [1.807, 2.05) is 12.1 Å². The lowest BCUT2D eigenvalue weighted by Gasteiger charge is -2.17. The normalized spacial score (nSPS) is 14.4. The van der Waals surface area contributed by atoms with Crippen LogP contribution in [0.25, 0.3) is 10.4 Å². The molecule has 0 radical (unpaired) electrons. The zero-order chi connectivity index (χ0) is 11.7. The lowest BCUT2D eigenvalue weighted by molar-refractivity contribution is 0.112. The molecule has 3 heteroatoms. The third-order valence-electron chi connectivity index (χ3n) is 3.12. The number of carbonyl (C=O) groups is 1. The molecule has 0 aliphatic carbocycles. The summed E-state index contributed by atoms with van der Waals surface area (Å²) in [5.74, 6) is 0. The molecule has 0 spiro atoms. The Hall–Kier alpha value is -1.45. The molecule has 1 N–H and O–H groups in total. The maximum Gasteiger partial charge on any atom is 0.160 e. The topological polar surface area (TPSA) is 29.1 Å². The van der Waals surface area contributed by atoms with Crippen molar-refractivity contribution in [3.05, 3.63) is 46.3 Å².